The Morgan fingerprint density at radius 3 is 2.67 bits per heavy atom. The van der Waals surface area contributed by atoms with Gasteiger partial charge in [0.1, 0.15) is 0 Å². The van der Waals surface area contributed by atoms with Crippen LogP contribution in [-0.2, 0) is 0 Å². The third-order valence-electron chi connectivity index (χ3n) is 3.82. The van der Waals surface area contributed by atoms with Gasteiger partial charge >= 0.3 is 0 Å². The maximum absolute atomic E-state index is 11.2. The number of hydrogen-bond donors (Lipinski definition) is 1. The SMILES string of the molecule is Nc1nn2cc(-c3ccccc3C=O)cnc2c1-c1ccccn1. The highest BCUT2D eigenvalue weighted by atomic mass is 16.1. The van der Waals surface area contributed by atoms with Crippen LogP contribution >= 0.6 is 0 Å². The highest BCUT2D eigenvalue weighted by molar-refractivity contribution is 5.88. The molecule has 0 aliphatic heterocycles. The van der Waals surface area contributed by atoms with Gasteiger partial charge in [0.15, 0.2) is 17.8 Å². The molecule has 0 amide bonds. The van der Waals surface area contributed by atoms with Crippen molar-refractivity contribution in [1.82, 2.24) is 19.6 Å². The smallest absolute Gasteiger partial charge is 0.166 e. The zero-order valence-corrected chi connectivity index (χ0v) is 12.6. The number of nitrogens with zero attached hydrogens (tertiary/aromatic N) is 4. The van der Waals surface area contributed by atoms with Gasteiger partial charge < -0.3 is 5.73 Å². The lowest BCUT2D eigenvalue weighted by molar-refractivity contribution is 0.112. The van der Waals surface area contributed by atoms with E-state index in [-0.39, 0.29) is 0 Å². The summed E-state index contributed by atoms with van der Waals surface area (Å²) in [6.07, 6.45) is 6.06. The molecular formula is C18H13N5O. The second-order valence-corrected chi connectivity index (χ2v) is 5.29. The molecule has 0 aliphatic carbocycles. The Morgan fingerprint density at radius 2 is 1.88 bits per heavy atom. The van der Waals surface area contributed by atoms with Crippen LogP contribution in [0.25, 0.3) is 28.0 Å². The summed E-state index contributed by atoms with van der Waals surface area (Å²) in [6.45, 7) is 0. The minimum atomic E-state index is 0.363. The summed E-state index contributed by atoms with van der Waals surface area (Å²) in [7, 11) is 0. The van der Waals surface area contributed by atoms with Crippen LogP contribution in [0.1, 0.15) is 10.4 Å². The molecule has 0 radical (unpaired) electrons. The average molecular weight is 315 g/mol. The number of nitrogens with two attached hydrogens (primary N) is 1. The van der Waals surface area contributed by atoms with Crippen LogP contribution in [0.15, 0.2) is 61.1 Å². The van der Waals surface area contributed by atoms with Gasteiger partial charge in [0.25, 0.3) is 0 Å². The molecule has 3 heterocycles. The normalized spacial score (nSPS) is 10.8. The van der Waals surface area contributed by atoms with Gasteiger partial charge in [0.2, 0.25) is 0 Å². The van der Waals surface area contributed by atoms with Crippen molar-refractivity contribution < 1.29 is 4.79 Å². The quantitative estimate of drug-likeness (QED) is 0.587. The molecule has 24 heavy (non-hydrogen) atoms. The topological polar surface area (TPSA) is 86.2 Å². The summed E-state index contributed by atoms with van der Waals surface area (Å²) in [4.78, 5) is 20.1. The third-order valence-corrected chi connectivity index (χ3v) is 3.82. The third kappa shape index (κ3) is 2.21. The molecular weight excluding hydrogens is 302 g/mol. The monoisotopic (exact) mass is 315 g/mol. The molecule has 4 rings (SSSR count). The van der Waals surface area contributed by atoms with Gasteiger partial charge in [0.05, 0.1) is 11.3 Å². The molecule has 6 heteroatoms. The average Bonchev–Trinajstić information content (AvgIpc) is 2.97. The maximum atomic E-state index is 11.2. The summed E-state index contributed by atoms with van der Waals surface area (Å²) in [5.74, 6) is 0.363. The van der Waals surface area contributed by atoms with Gasteiger partial charge in [-0.05, 0) is 17.7 Å². The first-order valence-electron chi connectivity index (χ1n) is 7.38. The Labute approximate surface area is 137 Å². The van der Waals surface area contributed by atoms with Gasteiger partial charge in [-0.15, -0.1) is 5.10 Å². The van der Waals surface area contributed by atoms with Gasteiger partial charge in [-0.2, -0.15) is 0 Å². The molecule has 0 saturated heterocycles. The van der Waals surface area contributed by atoms with Crippen LogP contribution in [0.2, 0.25) is 0 Å². The Bertz CT molecular complexity index is 1040. The molecule has 1 aromatic carbocycles. The van der Waals surface area contributed by atoms with Gasteiger partial charge in [-0.25, -0.2) is 9.50 Å². The van der Waals surface area contributed by atoms with Crippen molar-refractivity contribution in [1.29, 1.82) is 0 Å². The highest BCUT2D eigenvalue weighted by Gasteiger charge is 2.15. The number of fused-ring (bicyclic) bond motifs is 1. The minimum absolute atomic E-state index is 0.363. The number of rotatable bonds is 3. The second-order valence-electron chi connectivity index (χ2n) is 5.29. The lowest BCUT2D eigenvalue weighted by Gasteiger charge is -2.05. The zero-order valence-electron chi connectivity index (χ0n) is 12.6. The van der Waals surface area contributed by atoms with Crippen molar-refractivity contribution in [3.8, 4) is 22.4 Å². The first kappa shape index (κ1) is 14.1. The van der Waals surface area contributed by atoms with Gasteiger partial charge in [0, 0.05) is 29.7 Å². The van der Waals surface area contributed by atoms with Crippen molar-refractivity contribution in [2.75, 3.05) is 5.73 Å². The standard InChI is InChI=1S/C18H13N5O/c19-17-16(15-7-3-4-8-20-15)18-21-9-13(10-23(18)22-17)14-6-2-1-5-12(14)11-24/h1-11H,(H2,19,22). The molecule has 0 spiro atoms. The van der Waals surface area contributed by atoms with E-state index >= 15 is 0 Å². The largest absolute Gasteiger partial charge is 0.382 e. The molecule has 116 valence electrons. The first-order chi connectivity index (χ1) is 11.8. The van der Waals surface area contributed by atoms with E-state index in [1.54, 1.807) is 23.0 Å². The number of carbonyl (C=O) groups is 1. The molecule has 0 atom stereocenters. The molecule has 0 aliphatic rings. The molecule has 4 aromatic rings. The van der Waals surface area contributed by atoms with E-state index < -0.39 is 0 Å². The van der Waals surface area contributed by atoms with Gasteiger partial charge in [-0.3, -0.25) is 9.78 Å². The Hall–Kier alpha value is -3.54. The fourth-order valence-corrected chi connectivity index (χ4v) is 2.71. The number of carbonyl (C=O) groups excluding carboxylic acids is 1. The van der Waals surface area contributed by atoms with E-state index in [1.807, 2.05) is 42.6 Å². The van der Waals surface area contributed by atoms with Crippen molar-refractivity contribution in [3.05, 3.63) is 66.6 Å². The molecule has 0 saturated carbocycles. The van der Waals surface area contributed by atoms with Crippen molar-refractivity contribution in [3.63, 3.8) is 0 Å². The predicted octanol–water partition coefficient (Wildman–Crippen LogP) is 2.85. The Morgan fingerprint density at radius 1 is 1.04 bits per heavy atom. The van der Waals surface area contributed by atoms with E-state index in [0.717, 1.165) is 23.1 Å². The molecule has 2 N–H and O–H groups in total. The fourth-order valence-electron chi connectivity index (χ4n) is 2.71. The summed E-state index contributed by atoms with van der Waals surface area (Å²) < 4.78 is 1.62. The Kier molecular flexibility index (Phi) is 3.28. The van der Waals surface area contributed by atoms with Crippen LogP contribution in [0.3, 0.4) is 0 Å². The molecule has 6 nitrogen and oxygen atoms in total. The van der Waals surface area contributed by atoms with Crippen LogP contribution < -0.4 is 5.73 Å². The van der Waals surface area contributed by atoms with Crippen molar-refractivity contribution in [2.24, 2.45) is 0 Å². The Balaban J connectivity index is 1.91. The molecule has 0 unspecified atom stereocenters. The lowest BCUT2D eigenvalue weighted by atomic mass is 10.0. The summed E-state index contributed by atoms with van der Waals surface area (Å²) in [5, 5.41) is 4.33. The lowest BCUT2D eigenvalue weighted by Crippen LogP contribution is -1.94. The number of benzene rings is 1. The molecule has 3 aromatic heterocycles. The summed E-state index contributed by atoms with van der Waals surface area (Å²) >= 11 is 0. The number of pyridine rings is 1. The molecule has 0 bridgehead atoms. The zero-order chi connectivity index (χ0) is 16.5. The van der Waals surface area contributed by atoms with E-state index in [1.165, 1.54) is 0 Å². The number of nitrogen functional groups attached to an aromatic ring is 1. The van der Waals surface area contributed by atoms with Crippen LogP contribution in [-0.4, -0.2) is 25.9 Å². The van der Waals surface area contributed by atoms with E-state index in [9.17, 15) is 4.79 Å². The number of aldehydes is 1. The van der Waals surface area contributed by atoms with Gasteiger partial charge in [-0.1, -0.05) is 30.3 Å². The van der Waals surface area contributed by atoms with Crippen molar-refractivity contribution >= 4 is 17.8 Å². The second kappa shape index (κ2) is 5.58. The van der Waals surface area contributed by atoms with Crippen LogP contribution in [0.5, 0.6) is 0 Å². The maximum Gasteiger partial charge on any atom is 0.166 e. The van der Waals surface area contributed by atoms with E-state index in [0.29, 0.717) is 22.6 Å². The highest BCUT2D eigenvalue weighted by Crippen LogP contribution is 2.29. The summed E-state index contributed by atoms with van der Waals surface area (Å²) in [5.41, 5.74) is 10.3. The van der Waals surface area contributed by atoms with Crippen molar-refractivity contribution in [2.45, 2.75) is 0 Å². The molecule has 0 fully saturated rings. The van der Waals surface area contributed by atoms with E-state index in [4.69, 9.17) is 5.73 Å². The first-order valence-corrected chi connectivity index (χ1v) is 7.38. The van der Waals surface area contributed by atoms with Crippen LogP contribution in [0.4, 0.5) is 5.82 Å². The van der Waals surface area contributed by atoms with Crippen LogP contribution in [0, 0.1) is 0 Å². The van der Waals surface area contributed by atoms with E-state index in [2.05, 4.69) is 15.1 Å². The fraction of sp³-hybridized carbons (Fsp3) is 0. The number of hydrogen-bond acceptors (Lipinski definition) is 5. The number of aromatic nitrogens is 4. The summed E-state index contributed by atoms with van der Waals surface area (Å²) in [6, 6.07) is 12.9. The minimum Gasteiger partial charge on any atom is -0.382 e. The number of anilines is 1. The predicted molar refractivity (Wildman–Crippen MR) is 91.5 cm³/mol.